The summed E-state index contributed by atoms with van der Waals surface area (Å²) in [6.45, 7) is 12.9. The minimum absolute atomic E-state index is 0.0336. The van der Waals surface area contributed by atoms with Crippen LogP contribution in [0.3, 0.4) is 0 Å². The summed E-state index contributed by atoms with van der Waals surface area (Å²) < 4.78 is 0. The molecular weight excluding hydrogens is 336 g/mol. The molecule has 5 heteroatoms. The molecule has 0 aromatic heterocycles. The van der Waals surface area contributed by atoms with Gasteiger partial charge in [0.2, 0.25) is 11.8 Å². The van der Waals surface area contributed by atoms with Crippen molar-refractivity contribution < 1.29 is 9.59 Å². The van der Waals surface area contributed by atoms with Gasteiger partial charge in [0.25, 0.3) is 0 Å². The zero-order valence-corrected chi connectivity index (χ0v) is 16.8. The molecule has 0 unspecified atom stereocenters. The Labute approximate surface area is 155 Å². The fourth-order valence-electron chi connectivity index (χ4n) is 3.69. The molecular formula is C20H29ClN2O2. The molecule has 25 heavy (non-hydrogen) atoms. The molecule has 0 radical (unpaired) electrons. The smallest absolute Gasteiger partial charge is 0.227 e. The zero-order chi connectivity index (χ0) is 19.0. The van der Waals surface area contributed by atoms with E-state index in [-0.39, 0.29) is 35.1 Å². The molecule has 0 saturated carbocycles. The average molecular weight is 365 g/mol. The number of hydrogen-bond acceptors (Lipinski definition) is 2. The molecule has 1 aliphatic heterocycles. The molecule has 1 aromatic rings. The third kappa shape index (κ3) is 5.21. The van der Waals surface area contributed by atoms with Crippen molar-refractivity contribution in [2.75, 3.05) is 11.4 Å². The molecule has 1 heterocycles. The highest BCUT2D eigenvalue weighted by Crippen LogP contribution is 2.30. The van der Waals surface area contributed by atoms with Crippen LogP contribution < -0.4 is 10.2 Å². The minimum atomic E-state index is -0.327. The van der Waals surface area contributed by atoms with Gasteiger partial charge in [-0.05, 0) is 50.3 Å². The van der Waals surface area contributed by atoms with Gasteiger partial charge in [-0.1, -0.05) is 38.4 Å². The summed E-state index contributed by atoms with van der Waals surface area (Å²) in [6.07, 6.45) is 1.10. The first-order valence-electron chi connectivity index (χ1n) is 8.76. The summed E-state index contributed by atoms with van der Waals surface area (Å²) in [5.41, 5.74) is 1.53. The summed E-state index contributed by atoms with van der Waals surface area (Å²) in [6, 6.07) is 5.56. The van der Waals surface area contributed by atoms with Gasteiger partial charge in [-0.2, -0.15) is 0 Å². The first-order valence-corrected chi connectivity index (χ1v) is 9.14. The van der Waals surface area contributed by atoms with Crippen LogP contribution in [0, 0.1) is 18.3 Å². The second-order valence-electron chi connectivity index (χ2n) is 8.95. The van der Waals surface area contributed by atoms with Gasteiger partial charge in [0.1, 0.15) is 0 Å². The Morgan fingerprint density at radius 2 is 1.92 bits per heavy atom. The van der Waals surface area contributed by atoms with E-state index in [9.17, 15) is 9.59 Å². The van der Waals surface area contributed by atoms with E-state index < -0.39 is 0 Å². The van der Waals surface area contributed by atoms with Crippen molar-refractivity contribution in [3.05, 3.63) is 28.8 Å². The van der Waals surface area contributed by atoms with Crippen molar-refractivity contribution in [1.82, 2.24) is 5.32 Å². The highest BCUT2D eigenvalue weighted by Gasteiger charge is 2.37. The third-order valence-corrected chi connectivity index (χ3v) is 4.80. The molecule has 0 spiro atoms. The van der Waals surface area contributed by atoms with E-state index in [0.29, 0.717) is 11.6 Å². The molecule has 1 aromatic carbocycles. The van der Waals surface area contributed by atoms with E-state index in [0.717, 1.165) is 17.7 Å². The van der Waals surface area contributed by atoms with E-state index in [2.05, 4.69) is 26.1 Å². The highest BCUT2D eigenvalue weighted by atomic mass is 35.5. The maximum atomic E-state index is 12.7. The summed E-state index contributed by atoms with van der Waals surface area (Å²) >= 11 is 6.17. The Bertz CT molecular complexity index is 677. The van der Waals surface area contributed by atoms with Gasteiger partial charge in [0, 0.05) is 29.2 Å². The second-order valence-corrected chi connectivity index (χ2v) is 9.36. The van der Waals surface area contributed by atoms with Gasteiger partial charge >= 0.3 is 0 Å². The van der Waals surface area contributed by atoms with Gasteiger partial charge < -0.3 is 10.2 Å². The quantitative estimate of drug-likeness (QED) is 0.864. The first-order chi connectivity index (χ1) is 11.4. The molecule has 1 aliphatic rings. The molecule has 2 amide bonds. The molecule has 4 nitrogen and oxygen atoms in total. The summed E-state index contributed by atoms with van der Waals surface area (Å²) in [5.74, 6) is -0.413. The number of carbonyl (C=O) groups excluding carboxylic acids is 2. The lowest BCUT2D eigenvalue weighted by Crippen LogP contribution is -2.48. The number of nitrogens with zero attached hydrogens (tertiary/aromatic N) is 1. The van der Waals surface area contributed by atoms with Crippen LogP contribution in [0.25, 0.3) is 0 Å². The van der Waals surface area contributed by atoms with Gasteiger partial charge in [0.05, 0.1) is 5.92 Å². The number of halogens is 1. The van der Waals surface area contributed by atoms with E-state index >= 15 is 0 Å². The molecule has 138 valence electrons. The van der Waals surface area contributed by atoms with E-state index in [1.807, 2.05) is 32.9 Å². The van der Waals surface area contributed by atoms with Crippen molar-refractivity contribution in [3.63, 3.8) is 0 Å². The van der Waals surface area contributed by atoms with Crippen LogP contribution in [-0.2, 0) is 9.59 Å². The first kappa shape index (κ1) is 19.8. The van der Waals surface area contributed by atoms with Gasteiger partial charge in [-0.15, -0.1) is 0 Å². The SMILES string of the molecule is Cc1ccc(N2C[C@@H](C(=O)NC(C)(C)CC(C)(C)C)CC2=O)cc1Cl. The summed E-state index contributed by atoms with van der Waals surface area (Å²) in [5, 5.41) is 3.75. The lowest BCUT2D eigenvalue weighted by Gasteiger charge is -2.34. The minimum Gasteiger partial charge on any atom is -0.351 e. The van der Waals surface area contributed by atoms with E-state index in [1.165, 1.54) is 0 Å². The number of benzene rings is 1. The third-order valence-electron chi connectivity index (χ3n) is 4.40. The van der Waals surface area contributed by atoms with E-state index in [1.54, 1.807) is 11.0 Å². The maximum Gasteiger partial charge on any atom is 0.227 e. The molecule has 1 fully saturated rings. The Kier molecular flexibility index (Phi) is 5.53. The van der Waals surface area contributed by atoms with Gasteiger partial charge in [-0.25, -0.2) is 0 Å². The number of rotatable bonds is 4. The molecule has 2 rings (SSSR count). The largest absolute Gasteiger partial charge is 0.351 e. The molecule has 1 atom stereocenters. The van der Waals surface area contributed by atoms with Gasteiger partial charge in [-0.3, -0.25) is 9.59 Å². The fraction of sp³-hybridized carbons (Fsp3) is 0.600. The fourth-order valence-corrected chi connectivity index (χ4v) is 3.86. The number of carbonyl (C=O) groups is 2. The Balaban J connectivity index is 2.06. The van der Waals surface area contributed by atoms with E-state index in [4.69, 9.17) is 11.6 Å². The molecule has 0 bridgehead atoms. The lowest BCUT2D eigenvalue weighted by molar-refractivity contribution is -0.128. The lowest BCUT2D eigenvalue weighted by atomic mass is 9.81. The van der Waals surface area contributed by atoms with Crippen LogP contribution in [0.4, 0.5) is 5.69 Å². The van der Waals surface area contributed by atoms with Crippen LogP contribution >= 0.6 is 11.6 Å². The highest BCUT2D eigenvalue weighted by molar-refractivity contribution is 6.31. The topological polar surface area (TPSA) is 49.4 Å². The van der Waals surface area contributed by atoms with Crippen molar-refractivity contribution in [3.8, 4) is 0 Å². The number of nitrogens with one attached hydrogen (secondary N) is 1. The normalized spacial score (nSPS) is 18.6. The molecule has 1 saturated heterocycles. The Morgan fingerprint density at radius 3 is 2.48 bits per heavy atom. The van der Waals surface area contributed by atoms with Crippen LogP contribution in [0.1, 0.15) is 53.0 Å². The number of aryl methyl sites for hydroxylation is 1. The number of anilines is 1. The standard InChI is InChI=1S/C20H29ClN2O2/c1-13-7-8-15(10-16(13)21)23-11-14(9-17(23)24)18(25)22-20(5,6)12-19(2,3)4/h7-8,10,14H,9,11-12H2,1-6H3,(H,22,25)/t14-/m0/s1. The van der Waals surface area contributed by atoms with Crippen LogP contribution in [0.2, 0.25) is 5.02 Å². The Morgan fingerprint density at radius 1 is 1.28 bits per heavy atom. The second kappa shape index (κ2) is 6.99. The molecule has 1 N–H and O–H groups in total. The number of amides is 2. The van der Waals surface area contributed by atoms with Crippen LogP contribution in [0.15, 0.2) is 18.2 Å². The zero-order valence-electron chi connectivity index (χ0n) is 16.1. The molecule has 0 aliphatic carbocycles. The Hall–Kier alpha value is -1.55. The monoisotopic (exact) mass is 364 g/mol. The average Bonchev–Trinajstić information content (AvgIpc) is 2.81. The maximum absolute atomic E-state index is 12.7. The van der Waals surface area contributed by atoms with Gasteiger partial charge in [0.15, 0.2) is 0 Å². The van der Waals surface area contributed by atoms with Crippen molar-refractivity contribution in [1.29, 1.82) is 0 Å². The van der Waals surface area contributed by atoms with Crippen molar-refractivity contribution in [2.24, 2.45) is 11.3 Å². The summed E-state index contributed by atoms with van der Waals surface area (Å²) in [4.78, 5) is 26.7. The van der Waals surface area contributed by atoms with Crippen molar-refractivity contribution in [2.45, 2.75) is 59.9 Å². The predicted octanol–water partition coefficient (Wildman–Crippen LogP) is 4.33. The van der Waals surface area contributed by atoms with Crippen molar-refractivity contribution >= 4 is 29.1 Å². The van der Waals surface area contributed by atoms with Crippen LogP contribution in [-0.4, -0.2) is 23.9 Å². The summed E-state index contributed by atoms with van der Waals surface area (Å²) in [7, 11) is 0. The predicted molar refractivity (Wildman–Crippen MR) is 103 cm³/mol. The number of hydrogen-bond donors (Lipinski definition) is 1. The van der Waals surface area contributed by atoms with Crippen LogP contribution in [0.5, 0.6) is 0 Å².